The first-order valence-electron chi connectivity index (χ1n) is 7.20. The second kappa shape index (κ2) is 7.50. The van der Waals surface area contributed by atoms with Crippen LogP contribution in [-0.4, -0.2) is 26.7 Å². The Morgan fingerprint density at radius 2 is 1.86 bits per heavy atom. The summed E-state index contributed by atoms with van der Waals surface area (Å²) >= 11 is 0. The van der Waals surface area contributed by atoms with Crippen LogP contribution in [0.5, 0.6) is 11.5 Å². The van der Waals surface area contributed by atoms with Gasteiger partial charge in [-0.15, -0.1) is 0 Å². The number of ether oxygens (including phenoxy) is 2. The molecule has 2 aromatic carbocycles. The van der Waals surface area contributed by atoms with Crippen LogP contribution in [0, 0.1) is 6.92 Å². The van der Waals surface area contributed by atoms with Gasteiger partial charge in [-0.1, -0.05) is 18.2 Å². The van der Waals surface area contributed by atoms with Crippen molar-refractivity contribution in [1.82, 2.24) is 5.32 Å². The predicted octanol–water partition coefficient (Wildman–Crippen LogP) is 2.98. The molecule has 0 radical (unpaired) electrons. The number of nitrogens with one attached hydrogen (secondary N) is 1. The largest absolute Gasteiger partial charge is 0.497 e. The van der Waals surface area contributed by atoms with Gasteiger partial charge in [0.2, 0.25) is 0 Å². The molecule has 22 heavy (non-hydrogen) atoms. The zero-order valence-corrected chi connectivity index (χ0v) is 13.2. The molecule has 0 aliphatic carbocycles. The first-order valence-corrected chi connectivity index (χ1v) is 7.20. The van der Waals surface area contributed by atoms with Crippen molar-refractivity contribution in [2.24, 2.45) is 0 Å². The lowest BCUT2D eigenvalue weighted by atomic mass is 10.1. The van der Waals surface area contributed by atoms with Gasteiger partial charge in [-0.3, -0.25) is 4.79 Å². The van der Waals surface area contributed by atoms with Gasteiger partial charge in [0.05, 0.1) is 14.2 Å². The van der Waals surface area contributed by atoms with E-state index < -0.39 is 0 Å². The predicted molar refractivity (Wildman–Crippen MR) is 86.8 cm³/mol. The lowest BCUT2D eigenvalue weighted by molar-refractivity contribution is 0.0953. The third kappa shape index (κ3) is 3.79. The van der Waals surface area contributed by atoms with E-state index in [4.69, 9.17) is 9.47 Å². The molecule has 0 aliphatic rings. The van der Waals surface area contributed by atoms with E-state index in [1.165, 1.54) is 0 Å². The number of benzene rings is 2. The third-order valence-corrected chi connectivity index (χ3v) is 3.56. The summed E-state index contributed by atoms with van der Waals surface area (Å²) in [5, 5.41) is 2.94. The van der Waals surface area contributed by atoms with Crippen molar-refractivity contribution in [2.45, 2.75) is 13.3 Å². The average Bonchev–Trinajstić information content (AvgIpc) is 2.55. The van der Waals surface area contributed by atoms with Crippen molar-refractivity contribution >= 4 is 5.91 Å². The van der Waals surface area contributed by atoms with E-state index in [-0.39, 0.29) is 5.91 Å². The van der Waals surface area contributed by atoms with Gasteiger partial charge in [0, 0.05) is 12.1 Å². The van der Waals surface area contributed by atoms with Crippen molar-refractivity contribution in [2.75, 3.05) is 20.8 Å². The second-order valence-corrected chi connectivity index (χ2v) is 5.00. The number of rotatable bonds is 6. The Balaban J connectivity index is 1.99. The molecule has 0 saturated heterocycles. The van der Waals surface area contributed by atoms with Gasteiger partial charge in [-0.2, -0.15) is 0 Å². The maximum atomic E-state index is 12.2. The van der Waals surface area contributed by atoms with E-state index in [9.17, 15) is 4.79 Å². The lowest BCUT2D eigenvalue weighted by Crippen LogP contribution is -2.26. The molecule has 116 valence electrons. The fourth-order valence-corrected chi connectivity index (χ4v) is 2.31. The summed E-state index contributed by atoms with van der Waals surface area (Å²) in [5.41, 5.74) is 2.69. The monoisotopic (exact) mass is 299 g/mol. The molecule has 0 bridgehead atoms. The molecule has 0 spiro atoms. The van der Waals surface area contributed by atoms with Gasteiger partial charge < -0.3 is 14.8 Å². The van der Waals surface area contributed by atoms with Crippen molar-refractivity contribution in [3.63, 3.8) is 0 Å². The van der Waals surface area contributed by atoms with E-state index in [0.717, 1.165) is 22.6 Å². The first-order chi connectivity index (χ1) is 10.7. The third-order valence-electron chi connectivity index (χ3n) is 3.56. The number of hydrogen-bond donors (Lipinski definition) is 1. The SMILES string of the molecule is COc1ccc(OC)c(CCNC(=O)c2ccccc2C)c1. The van der Waals surface area contributed by atoms with Crippen LogP contribution in [0.25, 0.3) is 0 Å². The van der Waals surface area contributed by atoms with Crippen LogP contribution in [0.2, 0.25) is 0 Å². The molecule has 1 N–H and O–H groups in total. The quantitative estimate of drug-likeness (QED) is 0.892. The van der Waals surface area contributed by atoms with Gasteiger partial charge in [-0.25, -0.2) is 0 Å². The van der Waals surface area contributed by atoms with E-state index in [1.54, 1.807) is 14.2 Å². The summed E-state index contributed by atoms with van der Waals surface area (Å²) in [6.07, 6.45) is 0.679. The minimum Gasteiger partial charge on any atom is -0.497 e. The fraction of sp³-hybridized carbons (Fsp3) is 0.278. The topological polar surface area (TPSA) is 47.6 Å². The van der Waals surface area contributed by atoms with E-state index in [1.807, 2.05) is 49.4 Å². The highest BCUT2D eigenvalue weighted by Gasteiger charge is 2.09. The zero-order valence-electron chi connectivity index (χ0n) is 13.2. The molecule has 0 fully saturated rings. The summed E-state index contributed by atoms with van der Waals surface area (Å²) < 4.78 is 10.6. The summed E-state index contributed by atoms with van der Waals surface area (Å²) in [5.74, 6) is 1.52. The van der Waals surface area contributed by atoms with Crippen LogP contribution in [0.1, 0.15) is 21.5 Å². The molecule has 4 heteroatoms. The number of hydrogen-bond acceptors (Lipinski definition) is 3. The first kappa shape index (κ1) is 15.9. The molecule has 0 atom stereocenters. The molecule has 0 unspecified atom stereocenters. The molecule has 0 aromatic heterocycles. The highest BCUT2D eigenvalue weighted by atomic mass is 16.5. The molecule has 4 nitrogen and oxygen atoms in total. The summed E-state index contributed by atoms with van der Waals surface area (Å²) in [6.45, 7) is 2.47. The standard InChI is InChI=1S/C18H21NO3/c1-13-6-4-5-7-16(13)18(20)19-11-10-14-12-15(21-2)8-9-17(14)22-3/h4-9,12H,10-11H2,1-3H3,(H,19,20). The number of carbonyl (C=O) groups is 1. The molecule has 2 aromatic rings. The summed E-state index contributed by atoms with van der Waals surface area (Å²) in [6, 6.07) is 13.2. The fourth-order valence-electron chi connectivity index (χ4n) is 2.31. The maximum absolute atomic E-state index is 12.2. The van der Waals surface area contributed by atoms with Crippen molar-refractivity contribution in [1.29, 1.82) is 0 Å². The maximum Gasteiger partial charge on any atom is 0.251 e. The molecule has 0 heterocycles. The highest BCUT2D eigenvalue weighted by molar-refractivity contribution is 5.95. The van der Waals surface area contributed by atoms with Crippen LogP contribution in [0.15, 0.2) is 42.5 Å². The van der Waals surface area contributed by atoms with Crippen LogP contribution in [0.3, 0.4) is 0 Å². The number of carbonyl (C=O) groups excluding carboxylic acids is 1. The smallest absolute Gasteiger partial charge is 0.251 e. The van der Waals surface area contributed by atoms with Crippen molar-refractivity contribution in [3.05, 3.63) is 59.2 Å². The van der Waals surface area contributed by atoms with Gasteiger partial charge in [0.25, 0.3) is 5.91 Å². The summed E-state index contributed by atoms with van der Waals surface area (Å²) in [7, 11) is 3.27. The lowest BCUT2D eigenvalue weighted by Gasteiger charge is -2.11. The Kier molecular flexibility index (Phi) is 5.42. The zero-order chi connectivity index (χ0) is 15.9. The van der Waals surface area contributed by atoms with Crippen LogP contribution >= 0.6 is 0 Å². The molecule has 0 saturated carbocycles. The molecule has 0 aliphatic heterocycles. The van der Waals surface area contributed by atoms with Crippen molar-refractivity contribution in [3.8, 4) is 11.5 Å². The van der Waals surface area contributed by atoms with Gasteiger partial charge in [0.15, 0.2) is 0 Å². The molecule has 2 rings (SSSR count). The number of methoxy groups -OCH3 is 2. The van der Waals surface area contributed by atoms with E-state index >= 15 is 0 Å². The van der Waals surface area contributed by atoms with E-state index in [0.29, 0.717) is 18.5 Å². The minimum atomic E-state index is -0.0556. The number of amides is 1. The molecule has 1 amide bonds. The average molecular weight is 299 g/mol. The highest BCUT2D eigenvalue weighted by Crippen LogP contribution is 2.24. The molecular formula is C18H21NO3. The Morgan fingerprint density at radius 1 is 1.09 bits per heavy atom. The number of aryl methyl sites for hydroxylation is 1. The summed E-state index contributed by atoms with van der Waals surface area (Å²) in [4.78, 5) is 12.2. The second-order valence-electron chi connectivity index (χ2n) is 5.00. The Morgan fingerprint density at radius 3 is 2.55 bits per heavy atom. The normalized spacial score (nSPS) is 10.1. The minimum absolute atomic E-state index is 0.0556. The van der Waals surface area contributed by atoms with Crippen LogP contribution in [0.4, 0.5) is 0 Å². The van der Waals surface area contributed by atoms with Gasteiger partial charge >= 0.3 is 0 Å². The Bertz CT molecular complexity index is 653. The Hall–Kier alpha value is -2.49. The van der Waals surface area contributed by atoms with Gasteiger partial charge in [-0.05, 0) is 48.7 Å². The van der Waals surface area contributed by atoms with Crippen LogP contribution < -0.4 is 14.8 Å². The Labute approximate surface area is 131 Å². The van der Waals surface area contributed by atoms with E-state index in [2.05, 4.69) is 5.32 Å². The van der Waals surface area contributed by atoms with Gasteiger partial charge in [0.1, 0.15) is 11.5 Å². The molecular weight excluding hydrogens is 278 g/mol. The van der Waals surface area contributed by atoms with Crippen LogP contribution in [-0.2, 0) is 6.42 Å². The van der Waals surface area contributed by atoms with Crippen molar-refractivity contribution < 1.29 is 14.3 Å².